The number of benzene rings is 1. The van der Waals surface area contributed by atoms with E-state index in [1.807, 2.05) is 0 Å². The first-order valence-electron chi connectivity index (χ1n) is 11.9. The van der Waals surface area contributed by atoms with Crippen molar-refractivity contribution in [3.63, 3.8) is 0 Å². The molecule has 1 aromatic carbocycles. The fourth-order valence-corrected chi connectivity index (χ4v) is 8.15. The van der Waals surface area contributed by atoms with Gasteiger partial charge >= 0.3 is 0 Å². The smallest absolute Gasteiger partial charge is 0.265 e. The van der Waals surface area contributed by atoms with E-state index >= 15 is 0 Å². The molecule has 9 nitrogen and oxygen atoms in total. The third-order valence-electron chi connectivity index (χ3n) is 7.40. The number of amides is 2. The summed E-state index contributed by atoms with van der Waals surface area (Å²) in [7, 11) is -3.30. The van der Waals surface area contributed by atoms with Gasteiger partial charge in [0.25, 0.3) is 11.8 Å². The number of nitrogens with one attached hydrogen (secondary N) is 3. The fraction of sp³-hybridized carbons (Fsp3) is 0.652. The minimum Gasteiger partial charge on any atom is -0.479 e. The molecule has 33 heavy (non-hydrogen) atoms. The van der Waals surface area contributed by atoms with Crippen LogP contribution >= 0.6 is 0 Å². The fourth-order valence-electron chi connectivity index (χ4n) is 5.76. The highest BCUT2D eigenvalue weighted by Gasteiger charge is 2.47. The number of hydrogen-bond donors (Lipinski definition) is 3. The summed E-state index contributed by atoms with van der Waals surface area (Å²) in [6.07, 6.45) is 4.22. The van der Waals surface area contributed by atoms with Gasteiger partial charge in [0.15, 0.2) is 6.10 Å². The Hall–Kier alpha value is -2.17. The average molecular weight is 477 g/mol. The summed E-state index contributed by atoms with van der Waals surface area (Å²) in [6, 6.07) is 4.85. The van der Waals surface area contributed by atoms with E-state index in [1.165, 1.54) is 0 Å². The van der Waals surface area contributed by atoms with Gasteiger partial charge in [-0.3, -0.25) is 9.59 Å². The Morgan fingerprint density at radius 2 is 1.85 bits per heavy atom. The van der Waals surface area contributed by atoms with Crippen LogP contribution in [0, 0.1) is 5.92 Å². The molecule has 0 aliphatic carbocycles. The predicted molar refractivity (Wildman–Crippen MR) is 124 cm³/mol. The van der Waals surface area contributed by atoms with Crippen LogP contribution in [0.5, 0.6) is 5.75 Å². The van der Waals surface area contributed by atoms with E-state index in [-0.39, 0.29) is 41.6 Å². The zero-order valence-electron chi connectivity index (χ0n) is 18.9. The maximum absolute atomic E-state index is 13.2. The number of fused-ring (bicyclic) bond motifs is 3. The molecule has 2 amide bonds. The molecule has 0 unspecified atom stereocenters. The van der Waals surface area contributed by atoms with Crippen LogP contribution in [0.15, 0.2) is 18.2 Å². The Morgan fingerprint density at radius 1 is 1.15 bits per heavy atom. The molecule has 180 valence electrons. The third kappa shape index (κ3) is 4.61. The van der Waals surface area contributed by atoms with Crippen LogP contribution < -0.4 is 20.7 Å². The van der Waals surface area contributed by atoms with Crippen LogP contribution in [0.2, 0.25) is 0 Å². The minimum absolute atomic E-state index is 0.0431. The summed E-state index contributed by atoms with van der Waals surface area (Å²) in [5, 5.41) is 9.15. The molecule has 3 saturated heterocycles. The van der Waals surface area contributed by atoms with Gasteiger partial charge in [0.05, 0.1) is 11.4 Å². The number of carbonyl (C=O) groups is 2. The van der Waals surface area contributed by atoms with Gasteiger partial charge in [-0.15, -0.1) is 0 Å². The summed E-state index contributed by atoms with van der Waals surface area (Å²) in [6.45, 7) is 3.45. The summed E-state index contributed by atoms with van der Waals surface area (Å²) in [5.74, 6) is 0.546. The highest BCUT2D eigenvalue weighted by atomic mass is 32.2. The number of ether oxygens (including phenoxy) is 1. The topological polar surface area (TPSA) is 117 Å². The number of anilines is 1. The lowest BCUT2D eigenvalue weighted by Gasteiger charge is -2.39. The summed E-state index contributed by atoms with van der Waals surface area (Å²) < 4.78 is 33.8. The van der Waals surface area contributed by atoms with Crippen LogP contribution in [-0.4, -0.2) is 67.6 Å². The zero-order chi connectivity index (χ0) is 23.2. The molecule has 0 saturated carbocycles. The molecule has 0 spiro atoms. The average Bonchev–Trinajstić information content (AvgIpc) is 3.07. The van der Waals surface area contributed by atoms with E-state index in [2.05, 4.69) is 16.0 Å². The maximum atomic E-state index is 13.2. The largest absolute Gasteiger partial charge is 0.479 e. The highest BCUT2D eigenvalue weighted by molar-refractivity contribution is 7.89. The monoisotopic (exact) mass is 476 g/mol. The molecule has 2 bridgehead atoms. The van der Waals surface area contributed by atoms with Crippen molar-refractivity contribution in [2.75, 3.05) is 24.2 Å². The van der Waals surface area contributed by atoms with Gasteiger partial charge in [-0.25, -0.2) is 8.42 Å². The Balaban J connectivity index is 1.22. The summed E-state index contributed by atoms with van der Waals surface area (Å²) >= 11 is 0. The maximum Gasteiger partial charge on any atom is 0.265 e. The summed E-state index contributed by atoms with van der Waals surface area (Å²) in [4.78, 5) is 24.8. The highest BCUT2D eigenvalue weighted by Crippen LogP contribution is 2.39. The van der Waals surface area contributed by atoms with Crippen molar-refractivity contribution >= 4 is 27.5 Å². The molecule has 3 N–H and O–H groups in total. The van der Waals surface area contributed by atoms with E-state index in [0.29, 0.717) is 29.8 Å². The van der Waals surface area contributed by atoms with Gasteiger partial charge in [-0.2, -0.15) is 4.31 Å². The van der Waals surface area contributed by atoms with Gasteiger partial charge in [0.2, 0.25) is 10.0 Å². The molecule has 1 aromatic rings. The lowest BCUT2D eigenvalue weighted by atomic mass is 9.99. The predicted octanol–water partition coefficient (Wildman–Crippen LogP) is 1.46. The number of carbonyl (C=O) groups excluding carboxylic acids is 2. The Bertz CT molecular complexity index is 1030. The zero-order valence-corrected chi connectivity index (χ0v) is 19.7. The van der Waals surface area contributed by atoms with Crippen LogP contribution in [0.3, 0.4) is 0 Å². The van der Waals surface area contributed by atoms with E-state index < -0.39 is 16.1 Å². The second-order valence-electron chi connectivity index (χ2n) is 9.79. The van der Waals surface area contributed by atoms with E-state index in [0.717, 1.165) is 38.8 Å². The molecule has 3 fully saturated rings. The molecule has 4 aliphatic heterocycles. The molecule has 10 heteroatoms. The molecule has 5 rings (SSSR count). The van der Waals surface area contributed by atoms with Crippen molar-refractivity contribution in [1.82, 2.24) is 14.9 Å². The van der Waals surface area contributed by atoms with Crippen molar-refractivity contribution in [1.29, 1.82) is 0 Å². The van der Waals surface area contributed by atoms with Crippen molar-refractivity contribution in [2.24, 2.45) is 5.92 Å². The van der Waals surface area contributed by atoms with Crippen LogP contribution in [0.1, 0.15) is 55.8 Å². The van der Waals surface area contributed by atoms with Crippen molar-refractivity contribution in [2.45, 2.75) is 69.7 Å². The standard InChI is InChI=1S/C23H32N4O5S/c1-14-22(28)26-20-10-16(2-5-21(20)32-14)23(29)25-17-11-18-3-4-19(12-17)27(18)33(30,31)13-15-6-8-24-9-7-15/h2,5,10,14-15,17-19,24H,3-4,6-9,11-13H2,1H3,(H,25,29)(H,26,28)/t14-,17-,18+,19-/m1/s1. The normalized spacial score (nSPS) is 30.3. The first kappa shape index (κ1) is 22.6. The number of hydrogen-bond acceptors (Lipinski definition) is 6. The Kier molecular flexibility index (Phi) is 6.09. The molecule has 4 heterocycles. The SMILES string of the molecule is C[C@H]1Oc2ccc(C(=O)N[C@H]3C[C@H]4CC[C@@H](C3)N4S(=O)(=O)CC3CCNCC3)cc2NC1=O. The van der Waals surface area contributed by atoms with E-state index in [4.69, 9.17) is 4.74 Å². The van der Waals surface area contributed by atoms with Crippen LogP contribution in [-0.2, 0) is 14.8 Å². The second-order valence-corrected chi connectivity index (χ2v) is 11.7. The minimum atomic E-state index is -3.30. The molecule has 4 aliphatic rings. The third-order valence-corrected chi connectivity index (χ3v) is 9.53. The van der Waals surface area contributed by atoms with Gasteiger partial charge in [0.1, 0.15) is 5.75 Å². The quantitative estimate of drug-likeness (QED) is 0.593. The summed E-state index contributed by atoms with van der Waals surface area (Å²) in [5.41, 5.74) is 0.935. The van der Waals surface area contributed by atoms with Crippen LogP contribution in [0.25, 0.3) is 0 Å². The molecule has 4 atom stereocenters. The number of rotatable bonds is 5. The van der Waals surface area contributed by atoms with E-state index in [1.54, 1.807) is 29.4 Å². The second kappa shape index (κ2) is 8.88. The lowest BCUT2D eigenvalue weighted by molar-refractivity contribution is -0.122. The van der Waals surface area contributed by atoms with Crippen molar-refractivity contribution < 1.29 is 22.7 Å². The van der Waals surface area contributed by atoms with E-state index in [9.17, 15) is 18.0 Å². The number of sulfonamides is 1. The van der Waals surface area contributed by atoms with Gasteiger partial charge in [-0.05, 0) is 82.7 Å². The molecular weight excluding hydrogens is 444 g/mol. The molecule has 0 aromatic heterocycles. The lowest BCUT2D eigenvalue weighted by Crippen LogP contribution is -2.53. The Morgan fingerprint density at radius 3 is 2.55 bits per heavy atom. The van der Waals surface area contributed by atoms with Crippen molar-refractivity contribution in [3.8, 4) is 5.75 Å². The molecular formula is C23H32N4O5S. The van der Waals surface area contributed by atoms with Gasteiger partial charge in [-0.1, -0.05) is 0 Å². The first-order valence-corrected chi connectivity index (χ1v) is 13.6. The number of piperidine rings is 2. The first-order chi connectivity index (χ1) is 15.8. The molecule has 0 radical (unpaired) electrons. The Labute approximate surface area is 194 Å². The van der Waals surface area contributed by atoms with Crippen LogP contribution in [0.4, 0.5) is 5.69 Å². The van der Waals surface area contributed by atoms with Gasteiger partial charge in [0, 0.05) is 23.7 Å². The van der Waals surface area contributed by atoms with Gasteiger partial charge < -0.3 is 20.7 Å². The van der Waals surface area contributed by atoms with Crippen molar-refractivity contribution in [3.05, 3.63) is 23.8 Å². The number of nitrogens with zero attached hydrogens (tertiary/aromatic N) is 1.